The zero-order valence-electron chi connectivity index (χ0n) is 26.8. The minimum absolute atomic E-state index is 0.0659. The highest BCUT2D eigenvalue weighted by Gasteiger charge is 2.32. The number of carbonyl (C=O) groups excluding carboxylic acids is 3. The van der Waals surface area contributed by atoms with Crippen molar-refractivity contribution in [1.29, 1.82) is 0 Å². The molecule has 2 aromatic heterocycles. The molecule has 3 aromatic carbocycles. The summed E-state index contributed by atoms with van der Waals surface area (Å²) in [5.74, 6) is -4.14. The van der Waals surface area contributed by atoms with Gasteiger partial charge in [-0.25, -0.2) is 9.78 Å². The molecule has 5 rings (SSSR count). The average Bonchev–Trinajstić information content (AvgIpc) is 3.58. The summed E-state index contributed by atoms with van der Waals surface area (Å²) >= 11 is 0.943. The molecule has 6 N–H and O–H groups in total. The van der Waals surface area contributed by atoms with Crippen LogP contribution in [-0.2, 0) is 14.4 Å². The van der Waals surface area contributed by atoms with Crippen LogP contribution in [0.15, 0.2) is 89.7 Å². The van der Waals surface area contributed by atoms with Crippen molar-refractivity contribution in [2.24, 2.45) is 0 Å². The Labute approximate surface area is 288 Å². The highest BCUT2D eigenvalue weighted by Crippen LogP contribution is 2.35. The van der Waals surface area contributed by atoms with Crippen LogP contribution < -0.4 is 26.4 Å². The number of amides is 3. The van der Waals surface area contributed by atoms with Crippen LogP contribution in [-0.4, -0.2) is 62.9 Å². The Hall–Kier alpha value is -6.35. The number of likely N-dealkylation sites (N-methyl/N-ethyl adjacent to an activating group) is 1. The Kier molecular flexibility index (Phi) is 10.7. The van der Waals surface area contributed by atoms with Crippen LogP contribution in [0.4, 0.5) is 16.4 Å². The Morgan fingerprint density at radius 3 is 2.14 bits per heavy atom. The maximum absolute atomic E-state index is 14.3. The van der Waals surface area contributed by atoms with Crippen LogP contribution >= 0.6 is 11.3 Å². The summed E-state index contributed by atoms with van der Waals surface area (Å²) in [6.45, 7) is 1.61. The highest BCUT2D eigenvalue weighted by atomic mass is 32.1. The fourth-order valence-electron chi connectivity index (χ4n) is 5.24. The second-order valence-corrected chi connectivity index (χ2v) is 12.3. The van der Waals surface area contributed by atoms with E-state index >= 15 is 0 Å². The maximum atomic E-state index is 14.3. The number of benzene rings is 3. The van der Waals surface area contributed by atoms with E-state index in [2.05, 4.69) is 25.9 Å². The monoisotopic (exact) mass is 696 g/mol. The SMILES string of the molecule is Cc1nc2cc(C(=O)Nc3ccccc3)c([C@@H](C(=O)Nc3ccccc3)N(C)c3ccc(C(=O)N[C@@H](CCC(=O)O)C(=O)O)s3)cc2c(=O)[nH]1. The Bertz CT molecular complexity index is 2130. The first-order valence-electron chi connectivity index (χ1n) is 15.3. The number of para-hydroxylation sites is 2. The van der Waals surface area contributed by atoms with Crippen molar-refractivity contribution in [3.05, 3.63) is 117 Å². The number of anilines is 3. The van der Waals surface area contributed by atoms with Gasteiger partial charge in [0.1, 0.15) is 17.9 Å². The lowest BCUT2D eigenvalue weighted by Gasteiger charge is -2.30. The van der Waals surface area contributed by atoms with Gasteiger partial charge in [-0.1, -0.05) is 36.4 Å². The Morgan fingerprint density at radius 1 is 0.880 bits per heavy atom. The van der Waals surface area contributed by atoms with Crippen molar-refractivity contribution in [1.82, 2.24) is 15.3 Å². The first-order valence-corrected chi connectivity index (χ1v) is 16.1. The van der Waals surface area contributed by atoms with Gasteiger partial charge in [0.05, 0.1) is 20.8 Å². The van der Waals surface area contributed by atoms with E-state index in [1.54, 1.807) is 80.7 Å². The predicted octanol–water partition coefficient (Wildman–Crippen LogP) is 4.41. The van der Waals surface area contributed by atoms with E-state index in [4.69, 9.17) is 5.11 Å². The van der Waals surface area contributed by atoms with Crippen molar-refractivity contribution in [2.75, 3.05) is 22.6 Å². The number of carboxylic acid groups (broad SMARTS) is 2. The fraction of sp³-hybridized carbons (Fsp3) is 0.171. The molecular weight excluding hydrogens is 664 g/mol. The van der Waals surface area contributed by atoms with Gasteiger partial charge in [-0.3, -0.25) is 24.0 Å². The van der Waals surface area contributed by atoms with E-state index < -0.39 is 53.7 Å². The van der Waals surface area contributed by atoms with Crippen molar-refractivity contribution in [3.63, 3.8) is 0 Å². The molecule has 0 aliphatic rings. The van der Waals surface area contributed by atoms with Crippen molar-refractivity contribution in [2.45, 2.75) is 31.8 Å². The summed E-state index contributed by atoms with van der Waals surface area (Å²) in [4.78, 5) is 85.7. The molecule has 2 heterocycles. The molecule has 3 amide bonds. The molecule has 15 heteroatoms. The molecule has 0 bridgehead atoms. The third kappa shape index (κ3) is 8.19. The number of aryl methyl sites for hydroxylation is 1. The molecule has 50 heavy (non-hydrogen) atoms. The van der Waals surface area contributed by atoms with Gasteiger partial charge in [-0.05, 0) is 67.4 Å². The predicted molar refractivity (Wildman–Crippen MR) is 188 cm³/mol. The number of rotatable bonds is 13. The molecule has 0 aliphatic heterocycles. The van der Waals surface area contributed by atoms with Gasteiger partial charge in [0.2, 0.25) is 0 Å². The third-order valence-electron chi connectivity index (χ3n) is 7.66. The molecule has 0 unspecified atom stereocenters. The number of hydrogen-bond donors (Lipinski definition) is 6. The third-order valence-corrected chi connectivity index (χ3v) is 8.83. The van der Waals surface area contributed by atoms with E-state index in [1.165, 1.54) is 23.1 Å². The molecular formula is C35H32N6O8S. The van der Waals surface area contributed by atoms with Crippen LogP contribution in [0.25, 0.3) is 10.9 Å². The Morgan fingerprint density at radius 2 is 1.52 bits per heavy atom. The topological polar surface area (TPSA) is 211 Å². The highest BCUT2D eigenvalue weighted by molar-refractivity contribution is 7.18. The standard InChI is InChI=1S/C35H32N6O8S/c1-19-36-26-18-23(31(44)38-20-9-5-3-6-10-20)22(17-24(26)32(45)37-19)30(34(47)39-21-11-7-4-8-12-21)41(2)28-15-14-27(50-28)33(46)40-25(35(48)49)13-16-29(42)43/h3-12,14-15,17-18,25,30H,13,16H2,1-2H3,(H,38,44)(H,39,47)(H,40,46)(H,42,43)(H,48,49)(H,36,37,45)/t25-,30-/m0/s1. The van der Waals surface area contributed by atoms with E-state index in [1.807, 2.05) is 0 Å². The number of thiophene rings is 1. The number of aromatic amines is 1. The van der Waals surface area contributed by atoms with Gasteiger partial charge in [-0.2, -0.15) is 0 Å². The van der Waals surface area contributed by atoms with Crippen LogP contribution in [0.3, 0.4) is 0 Å². The van der Waals surface area contributed by atoms with Gasteiger partial charge in [-0.15, -0.1) is 11.3 Å². The number of fused-ring (bicyclic) bond motifs is 1. The number of carbonyl (C=O) groups is 5. The van der Waals surface area contributed by atoms with Crippen LogP contribution in [0, 0.1) is 6.92 Å². The molecule has 0 saturated heterocycles. The number of carboxylic acids is 2. The second-order valence-electron chi connectivity index (χ2n) is 11.2. The molecule has 2 atom stereocenters. The van der Waals surface area contributed by atoms with Gasteiger partial charge in [0, 0.05) is 30.4 Å². The normalized spacial score (nSPS) is 12.0. The molecule has 14 nitrogen and oxygen atoms in total. The molecule has 0 radical (unpaired) electrons. The summed E-state index contributed by atoms with van der Waals surface area (Å²) in [6.07, 6.45) is -0.780. The zero-order chi connectivity index (χ0) is 35.9. The fourth-order valence-corrected chi connectivity index (χ4v) is 6.14. The molecule has 5 aromatic rings. The van der Waals surface area contributed by atoms with Crippen LogP contribution in [0.2, 0.25) is 0 Å². The number of aromatic nitrogens is 2. The summed E-state index contributed by atoms with van der Waals surface area (Å²) < 4.78 is 0. The summed E-state index contributed by atoms with van der Waals surface area (Å²) in [5, 5.41) is 27.1. The minimum atomic E-state index is -1.44. The molecule has 0 aliphatic carbocycles. The zero-order valence-corrected chi connectivity index (χ0v) is 27.6. The van der Waals surface area contributed by atoms with Gasteiger partial charge >= 0.3 is 11.9 Å². The second kappa shape index (κ2) is 15.3. The largest absolute Gasteiger partial charge is 0.481 e. The first-order chi connectivity index (χ1) is 23.9. The van der Waals surface area contributed by atoms with Gasteiger partial charge in [0.15, 0.2) is 0 Å². The number of nitrogens with one attached hydrogen (secondary N) is 4. The van der Waals surface area contributed by atoms with Gasteiger partial charge in [0.25, 0.3) is 23.3 Å². The number of nitrogens with zero attached hydrogens (tertiary/aromatic N) is 2. The van der Waals surface area contributed by atoms with E-state index in [-0.39, 0.29) is 33.3 Å². The lowest BCUT2D eigenvalue weighted by molar-refractivity contribution is -0.140. The summed E-state index contributed by atoms with van der Waals surface area (Å²) in [6, 6.07) is 20.5. The van der Waals surface area contributed by atoms with Gasteiger partial charge < -0.3 is 36.0 Å². The first kappa shape index (κ1) is 35.0. The minimum Gasteiger partial charge on any atom is -0.481 e. The number of H-pyrrole nitrogens is 1. The number of hydrogen-bond acceptors (Lipinski definition) is 9. The van der Waals surface area contributed by atoms with Crippen LogP contribution in [0.5, 0.6) is 0 Å². The maximum Gasteiger partial charge on any atom is 0.326 e. The van der Waals surface area contributed by atoms with Crippen molar-refractivity contribution >= 4 is 68.3 Å². The van der Waals surface area contributed by atoms with E-state index in [9.17, 15) is 33.9 Å². The molecule has 0 fully saturated rings. The lowest BCUT2D eigenvalue weighted by Crippen LogP contribution is -2.40. The quantitative estimate of drug-likeness (QED) is 0.102. The summed E-state index contributed by atoms with van der Waals surface area (Å²) in [7, 11) is 1.58. The van der Waals surface area contributed by atoms with Crippen molar-refractivity contribution in [3.8, 4) is 0 Å². The van der Waals surface area contributed by atoms with E-state index in [0.717, 1.165) is 11.3 Å². The average molecular weight is 697 g/mol. The van der Waals surface area contributed by atoms with Crippen molar-refractivity contribution < 1.29 is 34.2 Å². The summed E-state index contributed by atoms with van der Waals surface area (Å²) in [5.41, 5.74) is 0.959. The lowest BCUT2D eigenvalue weighted by atomic mass is 9.95. The van der Waals surface area contributed by atoms with Crippen LogP contribution in [0.1, 0.15) is 50.3 Å². The molecule has 256 valence electrons. The number of aliphatic carboxylic acids is 2. The van der Waals surface area contributed by atoms with E-state index in [0.29, 0.717) is 22.2 Å². The Balaban J connectivity index is 1.59. The smallest absolute Gasteiger partial charge is 0.326 e. The molecule has 0 saturated carbocycles. The molecule has 0 spiro atoms.